The summed E-state index contributed by atoms with van der Waals surface area (Å²) in [4.78, 5) is 21.8. The van der Waals surface area contributed by atoms with Gasteiger partial charge in [0.05, 0.1) is 25.6 Å². The van der Waals surface area contributed by atoms with Crippen molar-refractivity contribution in [3.8, 4) is 0 Å². The molecule has 2 aliphatic rings. The molecule has 1 amide bonds. The van der Waals surface area contributed by atoms with E-state index in [2.05, 4.69) is 9.97 Å². The first-order chi connectivity index (χ1) is 9.19. The molecule has 0 saturated carbocycles. The molecule has 0 radical (unpaired) electrons. The average molecular weight is 284 g/mol. The van der Waals surface area contributed by atoms with Gasteiger partial charge in [-0.05, 0) is 0 Å². The Hall–Kier alpha value is -1.24. The molecular formula is C12H14ClN3O3. The van der Waals surface area contributed by atoms with Gasteiger partial charge in [0, 0.05) is 25.9 Å². The summed E-state index contributed by atoms with van der Waals surface area (Å²) in [7, 11) is 0. The van der Waals surface area contributed by atoms with Crippen molar-refractivity contribution in [1.82, 2.24) is 14.9 Å². The lowest BCUT2D eigenvalue weighted by Crippen LogP contribution is -2.47. The fourth-order valence-corrected chi connectivity index (χ4v) is 2.59. The number of carbonyl (C=O) groups excluding carboxylic acids is 1. The van der Waals surface area contributed by atoms with E-state index in [1.165, 1.54) is 12.4 Å². The SMILES string of the molecule is O=C(c1cncc(Cl)n1)N1CCC2(CC1)OCCO2. The summed E-state index contributed by atoms with van der Waals surface area (Å²) in [5.74, 6) is -0.626. The number of carbonyl (C=O) groups is 1. The number of aromatic nitrogens is 2. The van der Waals surface area contributed by atoms with Crippen molar-refractivity contribution in [2.45, 2.75) is 18.6 Å². The summed E-state index contributed by atoms with van der Waals surface area (Å²) in [6.07, 6.45) is 4.21. The van der Waals surface area contributed by atoms with E-state index in [0.717, 1.165) is 0 Å². The van der Waals surface area contributed by atoms with Crippen LogP contribution in [0.5, 0.6) is 0 Å². The van der Waals surface area contributed by atoms with E-state index >= 15 is 0 Å². The number of ether oxygens (including phenoxy) is 2. The molecule has 0 N–H and O–H groups in total. The summed E-state index contributed by atoms with van der Waals surface area (Å²) in [5.41, 5.74) is 0.275. The average Bonchev–Trinajstić information content (AvgIpc) is 2.87. The molecule has 0 unspecified atom stereocenters. The molecule has 2 aliphatic heterocycles. The Bertz CT molecular complexity index is 481. The minimum absolute atomic E-state index is 0.150. The second-order valence-electron chi connectivity index (χ2n) is 4.63. The highest BCUT2D eigenvalue weighted by Crippen LogP contribution is 2.31. The van der Waals surface area contributed by atoms with Crippen molar-refractivity contribution in [1.29, 1.82) is 0 Å². The molecule has 3 rings (SSSR count). The molecule has 7 heteroatoms. The summed E-state index contributed by atoms with van der Waals surface area (Å²) in [6, 6.07) is 0. The van der Waals surface area contributed by atoms with Gasteiger partial charge >= 0.3 is 0 Å². The molecule has 0 bridgehead atoms. The number of hydrogen-bond acceptors (Lipinski definition) is 5. The Labute approximate surface area is 115 Å². The van der Waals surface area contributed by atoms with Crippen molar-refractivity contribution in [3.05, 3.63) is 23.2 Å². The molecule has 1 aromatic heterocycles. The second kappa shape index (κ2) is 5.03. The van der Waals surface area contributed by atoms with Crippen molar-refractivity contribution < 1.29 is 14.3 Å². The van der Waals surface area contributed by atoms with Gasteiger partial charge in [-0.25, -0.2) is 4.98 Å². The van der Waals surface area contributed by atoms with Gasteiger partial charge < -0.3 is 14.4 Å². The fourth-order valence-electron chi connectivity index (χ4n) is 2.44. The van der Waals surface area contributed by atoms with Crippen molar-refractivity contribution in [2.24, 2.45) is 0 Å². The Kier molecular flexibility index (Phi) is 3.38. The van der Waals surface area contributed by atoms with E-state index in [4.69, 9.17) is 21.1 Å². The maximum atomic E-state index is 12.2. The van der Waals surface area contributed by atoms with Crippen molar-refractivity contribution in [2.75, 3.05) is 26.3 Å². The number of rotatable bonds is 1. The highest BCUT2D eigenvalue weighted by Gasteiger charge is 2.41. The maximum Gasteiger partial charge on any atom is 0.274 e. The van der Waals surface area contributed by atoms with Gasteiger partial charge in [0.1, 0.15) is 10.8 Å². The summed E-state index contributed by atoms with van der Waals surface area (Å²) in [6.45, 7) is 2.45. The van der Waals surface area contributed by atoms with E-state index in [0.29, 0.717) is 39.1 Å². The predicted molar refractivity (Wildman–Crippen MR) is 66.8 cm³/mol. The highest BCUT2D eigenvalue weighted by molar-refractivity contribution is 6.29. The summed E-state index contributed by atoms with van der Waals surface area (Å²) >= 11 is 5.74. The van der Waals surface area contributed by atoms with E-state index in [-0.39, 0.29) is 16.8 Å². The van der Waals surface area contributed by atoms with Crippen LogP contribution in [0.3, 0.4) is 0 Å². The summed E-state index contributed by atoms with van der Waals surface area (Å²) in [5, 5.41) is 0.224. The number of nitrogens with zero attached hydrogens (tertiary/aromatic N) is 3. The Morgan fingerprint density at radius 3 is 2.58 bits per heavy atom. The number of hydrogen-bond donors (Lipinski definition) is 0. The van der Waals surface area contributed by atoms with Crippen molar-refractivity contribution in [3.63, 3.8) is 0 Å². The standard InChI is InChI=1S/C12H14ClN3O3/c13-10-8-14-7-9(15-10)11(17)16-3-1-12(2-4-16)18-5-6-19-12/h7-8H,1-6H2. The van der Waals surface area contributed by atoms with Crippen LogP contribution in [0.4, 0.5) is 0 Å². The van der Waals surface area contributed by atoms with Crippen LogP contribution in [0.25, 0.3) is 0 Å². The predicted octanol–water partition coefficient (Wildman–Crippen LogP) is 1.11. The third kappa shape index (κ3) is 2.56. The Morgan fingerprint density at radius 1 is 1.26 bits per heavy atom. The smallest absolute Gasteiger partial charge is 0.274 e. The molecule has 102 valence electrons. The van der Waals surface area contributed by atoms with Crippen LogP contribution in [0.1, 0.15) is 23.3 Å². The first-order valence-electron chi connectivity index (χ1n) is 6.23. The number of piperidine rings is 1. The number of amides is 1. The molecule has 19 heavy (non-hydrogen) atoms. The first kappa shape index (κ1) is 12.8. The fraction of sp³-hybridized carbons (Fsp3) is 0.583. The van der Waals surface area contributed by atoms with Crippen molar-refractivity contribution >= 4 is 17.5 Å². The van der Waals surface area contributed by atoms with Crippen LogP contribution in [0, 0.1) is 0 Å². The van der Waals surface area contributed by atoms with Crippen LogP contribution in [0.15, 0.2) is 12.4 Å². The zero-order valence-electron chi connectivity index (χ0n) is 10.3. The van der Waals surface area contributed by atoms with Crippen LogP contribution >= 0.6 is 11.6 Å². The van der Waals surface area contributed by atoms with Gasteiger partial charge in [-0.15, -0.1) is 0 Å². The monoisotopic (exact) mass is 283 g/mol. The van der Waals surface area contributed by atoms with Crippen LogP contribution in [-0.2, 0) is 9.47 Å². The normalized spacial score (nSPS) is 21.8. The van der Waals surface area contributed by atoms with Crippen LogP contribution in [0.2, 0.25) is 5.15 Å². The lowest BCUT2D eigenvalue weighted by molar-refractivity contribution is -0.181. The van der Waals surface area contributed by atoms with Gasteiger partial charge in [0.2, 0.25) is 0 Å². The third-order valence-corrected chi connectivity index (χ3v) is 3.63. The van der Waals surface area contributed by atoms with Gasteiger partial charge in [-0.2, -0.15) is 0 Å². The van der Waals surface area contributed by atoms with E-state index < -0.39 is 5.79 Å². The molecule has 1 aromatic rings. The minimum Gasteiger partial charge on any atom is -0.347 e. The molecule has 2 saturated heterocycles. The van der Waals surface area contributed by atoms with Gasteiger partial charge in [-0.3, -0.25) is 9.78 Å². The Balaban J connectivity index is 1.66. The minimum atomic E-state index is -0.475. The molecule has 0 atom stereocenters. The topological polar surface area (TPSA) is 64.6 Å². The largest absolute Gasteiger partial charge is 0.347 e. The zero-order chi connectivity index (χ0) is 13.3. The lowest BCUT2D eigenvalue weighted by atomic mass is 10.0. The van der Waals surface area contributed by atoms with Gasteiger partial charge in [0.15, 0.2) is 5.79 Å². The zero-order valence-corrected chi connectivity index (χ0v) is 11.1. The van der Waals surface area contributed by atoms with Crippen LogP contribution < -0.4 is 0 Å². The van der Waals surface area contributed by atoms with Gasteiger partial charge in [0.25, 0.3) is 5.91 Å². The second-order valence-corrected chi connectivity index (χ2v) is 5.01. The molecule has 2 fully saturated rings. The quantitative estimate of drug-likeness (QED) is 0.772. The number of likely N-dealkylation sites (tertiary alicyclic amines) is 1. The molecule has 0 aromatic carbocycles. The van der Waals surface area contributed by atoms with Crippen LogP contribution in [-0.4, -0.2) is 52.9 Å². The highest BCUT2D eigenvalue weighted by atomic mass is 35.5. The molecule has 3 heterocycles. The molecular weight excluding hydrogens is 270 g/mol. The first-order valence-corrected chi connectivity index (χ1v) is 6.61. The maximum absolute atomic E-state index is 12.2. The molecule has 1 spiro atoms. The Morgan fingerprint density at radius 2 is 1.95 bits per heavy atom. The summed E-state index contributed by atoms with van der Waals surface area (Å²) < 4.78 is 11.3. The van der Waals surface area contributed by atoms with E-state index in [9.17, 15) is 4.79 Å². The number of halogens is 1. The van der Waals surface area contributed by atoms with E-state index in [1.807, 2.05) is 0 Å². The third-order valence-electron chi connectivity index (χ3n) is 3.45. The van der Waals surface area contributed by atoms with E-state index in [1.54, 1.807) is 4.90 Å². The lowest BCUT2D eigenvalue weighted by Gasteiger charge is -2.37. The molecule has 0 aliphatic carbocycles. The molecule has 6 nitrogen and oxygen atoms in total. The van der Waals surface area contributed by atoms with Gasteiger partial charge in [-0.1, -0.05) is 11.6 Å².